The van der Waals surface area contributed by atoms with Crippen LogP contribution in [0.25, 0.3) is 0 Å². The SMILES string of the molecule is CCOC1CN(Cc2ccccc2)CCN1. The minimum Gasteiger partial charge on any atom is -0.362 e. The second-order valence-corrected chi connectivity index (χ2v) is 4.12. The predicted molar refractivity (Wildman–Crippen MR) is 65.1 cm³/mol. The van der Waals surface area contributed by atoms with Crippen LogP contribution in [0.4, 0.5) is 0 Å². The Bertz CT molecular complexity index is 300. The van der Waals surface area contributed by atoms with Crippen LogP contribution in [0.1, 0.15) is 12.5 Å². The van der Waals surface area contributed by atoms with E-state index in [1.165, 1.54) is 5.56 Å². The van der Waals surface area contributed by atoms with Gasteiger partial charge in [-0.2, -0.15) is 0 Å². The molecule has 0 spiro atoms. The standard InChI is InChI=1S/C13H20N2O/c1-2-16-13-11-15(9-8-14-13)10-12-6-4-3-5-7-12/h3-7,13-14H,2,8-11H2,1H3. The fourth-order valence-electron chi connectivity index (χ4n) is 2.07. The van der Waals surface area contributed by atoms with Crippen LogP contribution >= 0.6 is 0 Å². The van der Waals surface area contributed by atoms with Gasteiger partial charge in [-0.15, -0.1) is 0 Å². The fourth-order valence-corrected chi connectivity index (χ4v) is 2.07. The summed E-state index contributed by atoms with van der Waals surface area (Å²) in [6, 6.07) is 10.6. The van der Waals surface area contributed by atoms with Gasteiger partial charge >= 0.3 is 0 Å². The van der Waals surface area contributed by atoms with E-state index >= 15 is 0 Å². The first-order valence-corrected chi connectivity index (χ1v) is 5.99. The second-order valence-electron chi connectivity index (χ2n) is 4.12. The van der Waals surface area contributed by atoms with E-state index in [2.05, 4.69) is 40.5 Å². The molecule has 1 unspecified atom stereocenters. The summed E-state index contributed by atoms with van der Waals surface area (Å²) in [5.41, 5.74) is 1.37. The molecule has 0 amide bonds. The molecule has 1 N–H and O–H groups in total. The molecule has 1 saturated heterocycles. The maximum atomic E-state index is 5.60. The molecule has 1 fully saturated rings. The highest BCUT2D eigenvalue weighted by Gasteiger charge is 2.18. The van der Waals surface area contributed by atoms with Gasteiger partial charge < -0.3 is 4.74 Å². The molecular formula is C13H20N2O. The first kappa shape index (κ1) is 11.6. The zero-order valence-electron chi connectivity index (χ0n) is 9.86. The Morgan fingerprint density at radius 1 is 1.38 bits per heavy atom. The third kappa shape index (κ3) is 3.30. The van der Waals surface area contributed by atoms with E-state index in [9.17, 15) is 0 Å². The zero-order valence-corrected chi connectivity index (χ0v) is 9.86. The largest absolute Gasteiger partial charge is 0.362 e. The van der Waals surface area contributed by atoms with Gasteiger partial charge in [0.1, 0.15) is 6.23 Å². The second kappa shape index (κ2) is 5.99. The van der Waals surface area contributed by atoms with Crippen LogP contribution in [0.3, 0.4) is 0 Å². The molecule has 0 aromatic heterocycles. The van der Waals surface area contributed by atoms with Crippen molar-refractivity contribution in [2.45, 2.75) is 19.7 Å². The quantitative estimate of drug-likeness (QED) is 0.831. The fraction of sp³-hybridized carbons (Fsp3) is 0.538. The molecule has 1 aliphatic rings. The minimum atomic E-state index is 0.197. The van der Waals surface area contributed by atoms with Crippen molar-refractivity contribution in [2.24, 2.45) is 0 Å². The van der Waals surface area contributed by atoms with E-state index < -0.39 is 0 Å². The molecule has 3 nitrogen and oxygen atoms in total. The predicted octanol–water partition coefficient (Wildman–Crippen LogP) is 1.45. The average molecular weight is 220 g/mol. The highest BCUT2D eigenvalue weighted by atomic mass is 16.5. The van der Waals surface area contributed by atoms with Crippen LogP contribution in [0.2, 0.25) is 0 Å². The van der Waals surface area contributed by atoms with E-state index in [0.717, 1.165) is 32.8 Å². The van der Waals surface area contributed by atoms with Crippen LogP contribution in [-0.2, 0) is 11.3 Å². The minimum absolute atomic E-state index is 0.197. The molecule has 1 aromatic rings. The lowest BCUT2D eigenvalue weighted by molar-refractivity contribution is -0.0106. The highest BCUT2D eigenvalue weighted by Crippen LogP contribution is 2.07. The zero-order chi connectivity index (χ0) is 11.2. The Hall–Kier alpha value is -0.900. The number of ether oxygens (including phenoxy) is 1. The van der Waals surface area contributed by atoms with Gasteiger partial charge in [-0.25, -0.2) is 0 Å². The molecule has 0 bridgehead atoms. The van der Waals surface area contributed by atoms with Crippen molar-refractivity contribution in [3.05, 3.63) is 35.9 Å². The number of benzene rings is 1. The first-order valence-electron chi connectivity index (χ1n) is 5.99. The molecule has 0 saturated carbocycles. The summed E-state index contributed by atoms with van der Waals surface area (Å²) in [6.45, 7) is 6.92. The summed E-state index contributed by atoms with van der Waals surface area (Å²) in [7, 11) is 0. The van der Waals surface area contributed by atoms with Crippen LogP contribution in [-0.4, -0.2) is 37.4 Å². The molecule has 1 heterocycles. The van der Waals surface area contributed by atoms with Crippen molar-refractivity contribution in [3.8, 4) is 0 Å². The van der Waals surface area contributed by atoms with Gasteiger partial charge in [-0.3, -0.25) is 10.2 Å². The lowest BCUT2D eigenvalue weighted by Crippen LogP contribution is -2.51. The molecule has 0 aliphatic carbocycles. The Balaban J connectivity index is 1.85. The Kier molecular flexibility index (Phi) is 4.34. The van der Waals surface area contributed by atoms with Crippen molar-refractivity contribution in [1.82, 2.24) is 10.2 Å². The van der Waals surface area contributed by atoms with Gasteiger partial charge in [0.25, 0.3) is 0 Å². The lowest BCUT2D eigenvalue weighted by Gasteiger charge is -2.33. The van der Waals surface area contributed by atoms with Crippen LogP contribution in [0, 0.1) is 0 Å². The van der Waals surface area contributed by atoms with E-state index in [-0.39, 0.29) is 6.23 Å². The van der Waals surface area contributed by atoms with Gasteiger partial charge in [0.15, 0.2) is 0 Å². The Morgan fingerprint density at radius 2 is 2.19 bits per heavy atom. The molecule has 3 heteroatoms. The van der Waals surface area contributed by atoms with Gasteiger partial charge in [0, 0.05) is 32.8 Å². The van der Waals surface area contributed by atoms with Gasteiger partial charge in [-0.05, 0) is 12.5 Å². The van der Waals surface area contributed by atoms with Crippen molar-refractivity contribution < 1.29 is 4.74 Å². The number of hydrogen-bond acceptors (Lipinski definition) is 3. The number of nitrogens with one attached hydrogen (secondary N) is 1. The summed E-state index contributed by atoms with van der Waals surface area (Å²) in [6.07, 6.45) is 0.197. The maximum absolute atomic E-state index is 5.60. The molecular weight excluding hydrogens is 200 g/mol. The molecule has 88 valence electrons. The maximum Gasteiger partial charge on any atom is 0.120 e. The number of nitrogens with zero attached hydrogens (tertiary/aromatic N) is 1. The monoisotopic (exact) mass is 220 g/mol. The average Bonchev–Trinajstić information content (AvgIpc) is 2.31. The van der Waals surface area contributed by atoms with Gasteiger partial charge in [-0.1, -0.05) is 30.3 Å². The highest BCUT2D eigenvalue weighted by molar-refractivity contribution is 5.14. The molecule has 16 heavy (non-hydrogen) atoms. The van der Waals surface area contributed by atoms with E-state index in [1.807, 2.05) is 6.92 Å². The molecule has 1 aliphatic heterocycles. The summed E-state index contributed by atoms with van der Waals surface area (Å²) in [4.78, 5) is 2.44. The third-order valence-electron chi connectivity index (χ3n) is 2.84. The van der Waals surface area contributed by atoms with Gasteiger partial charge in [0.2, 0.25) is 0 Å². The number of rotatable bonds is 4. The number of hydrogen-bond donors (Lipinski definition) is 1. The van der Waals surface area contributed by atoms with Crippen LogP contribution in [0.15, 0.2) is 30.3 Å². The topological polar surface area (TPSA) is 24.5 Å². The molecule has 0 radical (unpaired) electrons. The Labute approximate surface area is 97.4 Å². The summed E-state index contributed by atoms with van der Waals surface area (Å²) in [5, 5.41) is 3.37. The van der Waals surface area contributed by atoms with E-state index in [4.69, 9.17) is 4.74 Å². The van der Waals surface area contributed by atoms with Gasteiger partial charge in [0.05, 0.1) is 0 Å². The summed E-state index contributed by atoms with van der Waals surface area (Å²) >= 11 is 0. The summed E-state index contributed by atoms with van der Waals surface area (Å²) < 4.78 is 5.60. The van der Waals surface area contributed by atoms with Crippen LogP contribution < -0.4 is 5.32 Å². The molecule has 2 rings (SSSR count). The molecule has 1 aromatic carbocycles. The van der Waals surface area contributed by atoms with Crippen molar-refractivity contribution in [1.29, 1.82) is 0 Å². The number of piperazine rings is 1. The van der Waals surface area contributed by atoms with E-state index in [0.29, 0.717) is 0 Å². The summed E-state index contributed by atoms with van der Waals surface area (Å²) in [5.74, 6) is 0. The molecule has 1 atom stereocenters. The van der Waals surface area contributed by atoms with Crippen molar-refractivity contribution >= 4 is 0 Å². The first-order chi connectivity index (χ1) is 7.88. The van der Waals surface area contributed by atoms with E-state index in [1.54, 1.807) is 0 Å². The smallest absolute Gasteiger partial charge is 0.120 e. The third-order valence-corrected chi connectivity index (χ3v) is 2.84. The van der Waals surface area contributed by atoms with Crippen molar-refractivity contribution in [3.63, 3.8) is 0 Å². The lowest BCUT2D eigenvalue weighted by atomic mass is 10.2. The normalized spacial score (nSPS) is 22.2. The van der Waals surface area contributed by atoms with Crippen molar-refractivity contribution in [2.75, 3.05) is 26.2 Å². The van der Waals surface area contributed by atoms with Crippen LogP contribution in [0.5, 0.6) is 0 Å². The Morgan fingerprint density at radius 3 is 2.94 bits per heavy atom.